The van der Waals surface area contributed by atoms with E-state index >= 15 is 0 Å². The summed E-state index contributed by atoms with van der Waals surface area (Å²) in [5.41, 5.74) is 1.18. The van der Waals surface area contributed by atoms with Gasteiger partial charge in [0.25, 0.3) is 0 Å². The molecule has 2 aromatic carbocycles. The zero-order chi connectivity index (χ0) is 14.9. The first-order valence-electron chi connectivity index (χ1n) is 6.59. The van der Waals surface area contributed by atoms with E-state index in [1.807, 2.05) is 0 Å². The molecule has 1 unspecified atom stereocenters. The highest BCUT2D eigenvalue weighted by atomic mass is 19.1. The Kier molecular flexibility index (Phi) is 3.71. The van der Waals surface area contributed by atoms with Gasteiger partial charge in [-0.15, -0.1) is 0 Å². The summed E-state index contributed by atoms with van der Waals surface area (Å²) in [6.07, 6.45) is -0.486. The fourth-order valence-corrected chi connectivity index (χ4v) is 2.41. The van der Waals surface area contributed by atoms with Gasteiger partial charge in [0.2, 0.25) is 5.79 Å². The van der Waals surface area contributed by atoms with Gasteiger partial charge in [0.15, 0.2) is 0 Å². The van der Waals surface area contributed by atoms with E-state index in [1.54, 1.807) is 24.3 Å². The van der Waals surface area contributed by atoms with Crippen LogP contribution in [-0.4, -0.2) is 24.4 Å². The van der Waals surface area contributed by atoms with Crippen LogP contribution in [-0.2, 0) is 15.3 Å². The Morgan fingerprint density at radius 1 is 0.952 bits per heavy atom. The maximum Gasteiger partial charge on any atom is 0.222 e. The highest BCUT2D eigenvalue weighted by molar-refractivity contribution is 5.35. The lowest BCUT2D eigenvalue weighted by atomic mass is 9.97. The SMILES string of the molecule is OCC1COC(c2ccc(F)cc2)(c2ccc(F)cc2)O1. The third kappa shape index (κ3) is 2.55. The molecule has 1 N–H and O–H groups in total. The molecule has 1 fully saturated rings. The van der Waals surface area contributed by atoms with Crippen molar-refractivity contribution in [2.45, 2.75) is 11.9 Å². The Morgan fingerprint density at radius 3 is 1.81 bits per heavy atom. The van der Waals surface area contributed by atoms with Crippen molar-refractivity contribution in [1.29, 1.82) is 0 Å². The molecule has 3 nitrogen and oxygen atoms in total. The summed E-state index contributed by atoms with van der Waals surface area (Å²) in [6, 6.07) is 11.4. The zero-order valence-corrected chi connectivity index (χ0v) is 11.1. The molecule has 1 heterocycles. The fourth-order valence-electron chi connectivity index (χ4n) is 2.41. The van der Waals surface area contributed by atoms with Gasteiger partial charge < -0.3 is 14.6 Å². The topological polar surface area (TPSA) is 38.7 Å². The lowest BCUT2D eigenvalue weighted by Gasteiger charge is -2.29. The first kappa shape index (κ1) is 14.1. The zero-order valence-electron chi connectivity index (χ0n) is 11.1. The second-order valence-electron chi connectivity index (χ2n) is 4.86. The van der Waals surface area contributed by atoms with Crippen LogP contribution in [0.15, 0.2) is 48.5 Å². The third-order valence-electron chi connectivity index (χ3n) is 3.46. The van der Waals surface area contributed by atoms with Crippen LogP contribution in [0.1, 0.15) is 11.1 Å². The Balaban J connectivity index is 2.07. The molecule has 2 aromatic rings. The lowest BCUT2D eigenvalue weighted by Crippen LogP contribution is -2.30. The van der Waals surface area contributed by atoms with E-state index in [0.717, 1.165) is 0 Å². The van der Waals surface area contributed by atoms with Crippen LogP contribution in [0.25, 0.3) is 0 Å². The van der Waals surface area contributed by atoms with E-state index in [1.165, 1.54) is 24.3 Å². The molecule has 1 saturated heterocycles. The van der Waals surface area contributed by atoms with Gasteiger partial charge in [-0.3, -0.25) is 0 Å². The number of hydrogen-bond acceptors (Lipinski definition) is 3. The average Bonchev–Trinajstić information content (AvgIpc) is 2.94. The van der Waals surface area contributed by atoms with Crippen LogP contribution in [0.4, 0.5) is 8.78 Å². The number of benzene rings is 2. The minimum Gasteiger partial charge on any atom is -0.394 e. The van der Waals surface area contributed by atoms with Gasteiger partial charge in [-0.2, -0.15) is 0 Å². The summed E-state index contributed by atoms with van der Waals surface area (Å²) >= 11 is 0. The van der Waals surface area contributed by atoms with Crippen molar-refractivity contribution in [1.82, 2.24) is 0 Å². The molecule has 1 aliphatic rings. The number of rotatable bonds is 3. The van der Waals surface area contributed by atoms with Crippen molar-refractivity contribution in [3.63, 3.8) is 0 Å². The second-order valence-corrected chi connectivity index (χ2v) is 4.86. The summed E-state index contributed by atoms with van der Waals surface area (Å²) < 4.78 is 37.9. The standard InChI is InChI=1S/C16H14F2O3/c17-13-5-1-11(2-6-13)16(20-10-15(9-19)21-16)12-3-7-14(18)8-4-12/h1-8,15,19H,9-10H2. The van der Waals surface area contributed by atoms with Gasteiger partial charge >= 0.3 is 0 Å². The largest absolute Gasteiger partial charge is 0.394 e. The fraction of sp³-hybridized carbons (Fsp3) is 0.250. The predicted molar refractivity (Wildman–Crippen MR) is 71.5 cm³/mol. The van der Waals surface area contributed by atoms with E-state index in [2.05, 4.69) is 0 Å². The Morgan fingerprint density at radius 2 is 1.43 bits per heavy atom. The van der Waals surface area contributed by atoms with Gasteiger partial charge in [-0.05, 0) is 24.3 Å². The molecule has 0 spiro atoms. The minimum atomic E-state index is -1.26. The van der Waals surface area contributed by atoms with Crippen molar-refractivity contribution in [2.75, 3.05) is 13.2 Å². The van der Waals surface area contributed by atoms with Crippen LogP contribution in [0.3, 0.4) is 0 Å². The molecule has 0 radical (unpaired) electrons. The second kappa shape index (κ2) is 5.52. The van der Waals surface area contributed by atoms with Crippen LogP contribution in [0, 0.1) is 11.6 Å². The first-order chi connectivity index (χ1) is 10.1. The molecule has 110 valence electrons. The molecule has 0 amide bonds. The Bertz CT molecular complexity index is 565. The summed E-state index contributed by atoms with van der Waals surface area (Å²) in [7, 11) is 0. The predicted octanol–water partition coefficient (Wildman–Crippen LogP) is 2.57. The first-order valence-corrected chi connectivity index (χ1v) is 6.59. The van der Waals surface area contributed by atoms with Crippen LogP contribution in [0.5, 0.6) is 0 Å². The van der Waals surface area contributed by atoms with Crippen molar-refractivity contribution in [3.8, 4) is 0 Å². The maximum atomic E-state index is 13.1. The number of halogens is 2. The van der Waals surface area contributed by atoms with Gasteiger partial charge in [-0.1, -0.05) is 24.3 Å². The van der Waals surface area contributed by atoms with Gasteiger partial charge in [-0.25, -0.2) is 8.78 Å². The van der Waals surface area contributed by atoms with Crippen molar-refractivity contribution in [3.05, 3.63) is 71.3 Å². The van der Waals surface area contributed by atoms with E-state index in [-0.39, 0.29) is 24.8 Å². The van der Waals surface area contributed by atoms with E-state index < -0.39 is 11.9 Å². The molecule has 0 bridgehead atoms. The third-order valence-corrected chi connectivity index (χ3v) is 3.46. The summed E-state index contributed by atoms with van der Waals surface area (Å²) in [5, 5.41) is 9.26. The summed E-state index contributed by atoms with van der Waals surface area (Å²) in [6.45, 7) is 0.00932. The normalized spacial score (nSPS) is 20.6. The summed E-state index contributed by atoms with van der Waals surface area (Å²) in [5.74, 6) is -2.00. The number of aliphatic hydroxyl groups is 1. The van der Waals surface area contributed by atoms with E-state index in [4.69, 9.17) is 9.47 Å². The number of hydrogen-bond donors (Lipinski definition) is 1. The van der Waals surface area contributed by atoms with Gasteiger partial charge in [0, 0.05) is 11.1 Å². The molecule has 0 aliphatic carbocycles. The van der Waals surface area contributed by atoms with Crippen LogP contribution >= 0.6 is 0 Å². The molecule has 21 heavy (non-hydrogen) atoms. The minimum absolute atomic E-state index is 0.190. The van der Waals surface area contributed by atoms with Crippen LogP contribution in [0.2, 0.25) is 0 Å². The average molecular weight is 292 g/mol. The van der Waals surface area contributed by atoms with Crippen molar-refractivity contribution >= 4 is 0 Å². The quantitative estimate of drug-likeness (QED) is 0.945. The molecule has 0 saturated carbocycles. The van der Waals surface area contributed by atoms with E-state index in [9.17, 15) is 13.9 Å². The van der Waals surface area contributed by atoms with Crippen molar-refractivity contribution in [2.24, 2.45) is 0 Å². The smallest absolute Gasteiger partial charge is 0.222 e. The van der Waals surface area contributed by atoms with Gasteiger partial charge in [0.1, 0.15) is 17.7 Å². The lowest BCUT2D eigenvalue weighted by molar-refractivity contribution is -0.146. The number of aliphatic hydroxyl groups excluding tert-OH is 1. The Labute approximate surface area is 120 Å². The maximum absolute atomic E-state index is 13.1. The van der Waals surface area contributed by atoms with Gasteiger partial charge in [0.05, 0.1) is 13.2 Å². The Hall–Kier alpha value is -1.82. The highest BCUT2D eigenvalue weighted by Crippen LogP contribution is 2.40. The molecular weight excluding hydrogens is 278 g/mol. The van der Waals surface area contributed by atoms with Crippen molar-refractivity contribution < 1.29 is 23.4 Å². The number of ether oxygens (including phenoxy) is 2. The summed E-state index contributed by atoms with van der Waals surface area (Å²) in [4.78, 5) is 0. The molecular formula is C16H14F2O3. The molecule has 0 aromatic heterocycles. The monoisotopic (exact) mass is 292 g/mol. The van der Waals surface area contributed by atoms with Crippen LogP contribution < -0.4 is 0 Å². The molecule has 1 atom stereocenters. The molecule has 1 aliphatic heterocycles. The molecule has 3 rings (SSSR count). The highest BCUT2D eigenvalue weighted by Gasteiger charge is 2.44. The van der Waals surface area contributed by atoms with E-state index in [0.29, 0.717) is 11.1 Å². The molecule has 5 heteroatoms.